The summed E-state index contributed by atoms with van der Waals surface area (Å²) in [6.45, 7) is 7.96. The largest absolute Gasteiger partial charge is 0.508 e. The highest BCUT2D eigenvalue weighted by Gasteiger charge is 2.47. The number of ketones is 1. The number of fused-ring (bicyclic) bond motifs is 3. The van der Waals surface area contributed by atoms with Crippen molar-refractivity contribution in [3.05, 3.63) is 46.0 Å². The number of halogens is 1. The molecular formula is C22H24ClNO2. The van der Waals surface area contributed by atoms with Gasteiger partial charge in [-0.05, 0) is 93.5 Å². The molecule has 0 fully saturated rings. The molecule has 0 saturated heterocycles. The van der Waals surface area contributed by atoms with Crippen LogP contribution < -0.4 is 5.32 Å². The van der Waals surface area contributed by atoms with Crippen molar-refractivity contribution in [2.24, 2.45) is 0 Å². The van der Waals surface area contributed by atoms with Crippen LogP contribution in [0.1, 0.15) is 50.8 Å². The van der Waals surface area contributed by atoms with E-state index in [-0.39, 0.29) is 11.5 Å². The molecule has 0 unspecified atom stereocenters. The fraction of sp³-hybridized carbons (Fsp3) is 0.409. The minimum Gasteiger partial charge on any atom is -0.508 e. The number of carbonyl (C=O) groups excluding carboxylic acids is 1. The summed E-state index contributed by atoms with van der Waals surface area (Å²) < 4.78 is 0. The molecule has 0 spiro atoms. The number of hydrogen-bond donors (Lipinski definition) is 2. The number of hydrogen-bond acceptors (Lipinski definition) is 3. The molecule has 136 valence electrons. The normalized spacial score (nSPS) is 19.7. The lowest BCUT2D eigenvalue weighted by Gasteiger charge is -2.43. The summed E-state index contributed by atoms with van der Waals surface area (Å²) in [5, 5.41) is 13.8. The number of Topliss-reactive ketones (excluding diaryl/α,β-unsaturated/α-hetero) is 1. The summed E-state index contributed by atoms with van der Waals surface area (Å²) in [6, 6.07) is 7.25. The Morgan fingerprint density at radius 2 is 1.73 bits per heavy atom. The van der Waals surface area contributed by atoms with Crippen molar-refractivity contribution in [2.75, 3.05) is 5.32 Å². The van der Waals surface area contributed by atoms with Crippen LogP contribution in [0.2, 0.25) is 5.02 Å². The van der Waals surface area contributed by atoms with Crippen LogP contribution in [-0.4, -0.2) is 16.4 Å². The quantitative estimate of drug-likeness (QED) is 0.721. The Hall–Kier alpha value is -2.00. The lowest BCUT2D eigenvalue weighted by Crippen LogP contribution is -2.53. The van der Waals surface area contributed by atoms with Gasteiger partial charge in [0.2, 0.25) is 0 Å². The van der Waals surface area contributed by atoms with Gasteiger partial charge >= 0.3 is 0 Å². The molecule has 3 nitrogen and oxygen atoms in total. The zero-order valence-electron chi connectivity index (χ0n) is 15.7. The summed E-state index contributed by atoms with van der Waals surface area (Å²) in [5.74, 6) is 0.352. The molecule has 1 aliphatic carbocycles. The molecule has 2 N–H and O–H groups in total. The second-order valence-corrected chi connectivity index (χ2v) is 8.93. The van der Waals surface area contributed by atoms with Crippen molar-refractivity contribution >= 4 is 23.1 Å². The van der Waals surface area contributed by atoms with Gasteiger partial charge in [0, 0.05) is 11.3 Å². The van der Waals surface area contributed by atoms with Gasteiger partial charge in [0.15, 0.2) is 5.78 Å². The minimum absolute atomic E-state index is 0.160. The van der Waals surface area contributed by atoms with Gasteiger partial charge in [0.25, 0.3) is 0 Å². The van der Waals surface area contributed by atoms with Crippen molar-refractivity contribution in [2.45, 2.75) is 57.9 Å². The maximum atomic E-state index is 13.1. The molecule has 4 rings (SSSR count). The molecule has 2 aromatic rings. The molecule has 0 bridgehead atoms. The van der Waals surface area contributed by atoms with Crippen LogP contribution >= 0.6 is 11.6 Å². The Balaban J connectivity index is 2.02. The first-order valence-electron chi connectivity index (χ1n) is 9.14. The van der Waals surface area contributed by atoms with Crippen molar-refractivity contribution < 1.29 is 9.90 Å². The number of carbonyl (C=O) groups is 1. The van der Waals surface area contributed by atoms with Gasteiger partial charge in [0.05, 0.1) is 16.0 Å². The van der Waals surface area contributed by atoms with E-state index < -0.39 is 11.0 Å². The average Bonchev–Trinajstić information content (AvgIpc) is 3.03. The lowest BCUT2D eigenvalue weighted by molar-refractivity contribution is -0.127. The first-order valence-corrected chi connectivity index (χ1v) is 9.52. The Morgan fingerprint density at radius 3 is 2.42 bits per heavy atom. The van der Waals surface area contributed by atoms with E-state index in [1.54, 1.807) is 12.1 Å². The smallest absolute Gasteiger partial charge is 0.167 e. The number of aromatic hydroxyl groups is 1. The Labute approximate surface area is 159 Å². The van der Waals surface area contributed by atoms with Crippen LogP contribution in [0.25, 0.3) is 11.1 Å². The monoisotopic (exact) mass is 369 g/mol. The van der Waals surface area contributed by atoms with Crippen LogP contribution in [-0.2, 0) is 23.1 Å². The van der Waals surface area contributed by atoms with E-state index in [4.69, 9.17) is 11.6 Å². The molecule has 1 heterocycles. The second-order valence-electron chi connectivity index (χ2n) is 8.53. The van der Waals surface area contributed by atoms with Crippen LogP contribution in [0.5, 0.6) is 5.75 Å². The molecule has 0 amide bonds. The first-order chi connectivity index (χ1) is 12.1. The van der Waals surface area contributed by atoms with Gasteiger partial charge in [0.1, 0.15) is 5.75 Å². The summed E-state index contributed by atoms with van der Waals surface area (Å²) in [5.41, 5.74) is 5.65. The number of rotatable bonds is 1. The third-order valence-electron chi connectivity index (χ3n) is 5.89. The topological polar surface area (TPSA) is 49.3 Å². The molecule has 2 aromatic carbocycles. The molecule has 26 heavy (non-hydrogen) atoms. The number of anilines is 1. The third kappa shape index (κ3) is 2.37. The van der Waals surface area contributed by atoms with Crippen molar-refractivity contribution in [1.82, 2.24) is 0 Å². The number of benzene rings is 2. The van der Waals surface area contributed by atoms with Gasteiger partial charge in [-0.3, -0.25) is 4.79 Å². The van der Waals surface area contributed by atoms with Crippen molar-refractivity contribution in [3.8, 4) is 16.9 Å². The number of nitrogens with one attached hydrogen (secondary N) is 1. The Bertz CT molecular complexity index is 944. The molecule has 0 radical (unpaired) electrons. The molecule has 0 saturated carbocycles. The fourth-order valence-electron chi connectivity index (χ4n) is 4.65. The van der Waals surface area contributed by atoms with E-state index >= 15 is 0 Å². The highest BCUT2D eigenvalue weighted by molar-refractivity contribution is 6.33. The molecule has 0 atom stereocenters. The minimum atomic E-state index is -0.579. The second kappa shape index (κ2) is 5.50. The molecule has 1 aliphatic heterocycles. The van der Waals surface area contributed by atoms with E-state index in [2.05, 4.69) is 11.4 Å². The van der Waals surface area contributed by atoms with E-state index in [1.807, 2.05) is 33.8 Å². The summed E-state index contributed by atoms with van der Waals surface area (Å²) in [7, 11) is 0. The van der Waals surface area contributed by atoms with Crippen molar-refractivity contribution in [3.63, 3.8) is 0 Å². The number of phenolic OH excluding ortho intramolecular Hbond substituents is 1. The number of phenols is 1. The maximum Gasteiger partial charge on any atom is 0.167 e. The fourth-order valence-corrected chi connectivity index (χ4v) is 4.93. The van der Waals surface area contributed by atoms with Crippen molar-refractivity contribution in [1.29, 1.82) is 0 Å². The van der Waals surface area contributed by atoms with E-state index in [1.165, 1.54) is 11.1 Å². The third-order valence-corrected chi connectivity index (χ3v) is 6.20. The first kappa shape index (κ1) is 17.4. The maximum absolute atomic E-state index is 13.1. The zero-order valence-corrected chi connectivity index (χ0v) is 16.4. The Morgan fingerprint density at radius 1 is 1.04 bits per heavy atom. The summed E-state index contributed by atoms with van der Waals surface area (Å²) in [4.78, 5) is 13.1. The van der Waals surface area contributed by atoms with Crippen LogP contribution in [0.15, 0.2) is 24.3 Å². The predicted molar refractivity (Wildman–Crippen MR) is 106 cm³/mol. The molecular weight excluding hydrogens is 346 g/mol. The predicted octanol–water partition coefficient (Wildman–Crippen LogP) is 5.25. The molecule has 0 aromatic heterocycles. The highest BCUT2D eigenvalue weighted by atomic mass is 35.5. The van der Waals surface area contributed by atoms with E-state index in [0.29, 0.717) is 5.02 Å². The van der Waals surface area contributed by atoms with E-state index in [0.717, 1.165) is 41.6 Å². The summed E-state index contributed by atoms with van der Waals surface area (Å²) in [6.07, 6.45) is 3.12. The molecule has 4 heteroatoms. The molecule has 2 aliphatic rings. The van der Waals surface area contributed by atoms with Crippen LogP contribution in [0.3, 0.4) is 0 Å². The SMILES string of the molecule is CC1(C)Nc2c(cc(-c3ccc(O)cc3Cl)c3c2CCC3)C(C)(C)C1=O. The zero-order chi connectivity index (χ0) is 18.9. The summed E-state index contributed by atoms with van der Waals surface area (Å²) >= 11 is 6.45. The van der Waals surface area contributed by atoms with Crippen LogP contribution in [0, 0.1) is 0 Å². The van der Waals surface area contributed by atoms with Gasteiger partial charge in [-0.2, -0.15) is 0 Å². The highest BCUT2D eigenvalue weighted by Crippen LogP contribution is 2.49. The van der Waals surface area contributed by atoms with E-state index in [9.17, 15) is 9.90 Å². The van der Waals surface area contributed by atoms with Gasteiger partial charge in [-0.1, -0.05) is 11.6 Å². The standard InChI is InChI=1S/C22H24ClNO2/c1-21(2)17-11-16(14-9-8-12(25)10-18(14)23)13-6-5-7-15(13)19(17)24-22(3,4)20(21)26/h8-11,24-25H,5-7H2,1-4H3. The lowest BCUT2D eigenvalue weighted by atomic mass is 9.68. The van der Waals surface area contributed by atoms with Gasteiger partial charge < -0.3 is 10.4 Å². The van der Waals surface area contributed by atoms with Gasteiger partial charge in [-0.15, -0.1) is 0 Å². The Kier molecular flexibility index (Phi) is 3.68. The average molecular weight is 370 g/mol. The van der Waals surface area contributed by atoms with Gasteiger partial charge in [-0.25, -0.2) is 0 Å². The van der Waals surface area contributed by atoms with Crippen LogP contribution in [0.4, 0.5) is 5.69 Å².